The minimum absolute atomic E-state index is 0.225. The van der Waals surface area contributed by atoms with Crippen LogP contribution in [0.15, 0.2) is 12.1 Å². The molecule has 1 aromatic rings. The molecule has 18 heavy (non-hydrogen) atoms. The van der Waals surface area contributed by atoms with Crippen LogP contribution in [-0.4, -0.2) is 22.7 Å². The maximum atomic E-state index is 10.9. The van der Waals surface area contributed by atoms with E-state index in [-0.39, 0.29) is 5.56 Å². The lowest BCUT2D eigenvalue weighted by atomic mass is 10.2. The quantitative estimate of drug-likeness (QED) is 0.719. The number of aromatic carboxylic acids is 1. The highest BCUT2D eigenvalue weighted by Gasteiger charge is 2.07. The molecule has 0 saturated carbocycles. The molecule has 0 aliphatic rings. The van der Waals surface area contributed by atoms with Gasteiger partial charge in [0, 0.05) is 11.8 Å². The summed E-state index contributed by atoms with van der Waals surface area (Å²) in [7, 11) is 0. The van der Waals surface area contributed by atoms with Crippen molar-refractivity contribution in [2.75, 3.05) is 6.61 Å². The maximum absolute atomic E-state index is 10.9. The summed E-state index contributed by atoms with van der Waals surface area (Å²) in [4.78, 5) is 15.0. The molecule has 0 spiro atoms. The molecule has 0 amide bonds. The number of hydrogen-bond acceptors (Lipinski definition) is 3. The van der Waals surface area contributed by atoms with Gasteiger partial charge in [0.2, 0.25) is 5.88 Å². The van der Waals surface area contributed by atoms with Crippen LogP contribution in [0.5, 0.6) is 5.88 Å². The first kappa shape index (κ1) is 14.5. The standard InChI is InChI=1S/C14H21NO3/c1-3-4-5-6-7-8-18-13-10-12(14(16)17)9-11(2)15-13/h9-10H,3-8H2,1-2H3,(H,16,17). The Bertz CT molecular complexity index is 391. The number of nitrogens with zero attached hydrogens (tertiary/aromatic N) is 1. The van der Waals surface area contributed by atoms with E-state index < -0.39 is 5.97 Å². The van der Waals surface area contributed by atoms with Crippen LogP contribution in [0.1, 0.15) is 55.1 Å². The molecule has 1 heterocycles. The first-order valence-corrected chi connectivity index (χ1v) is 6.48. The number of carboxylic acids is 1. The van der Waals surface area contributed by atoms with Gasteiger partial charge in [-0.3, -0.25) is 0 Å². The Hall–Kier alpha value is -1.58. The molecule has 0 aliphatic carbocycles. The summed E-state index contributed by atoms with van der Waals surface area (Å²) in [5.74, 6) is -0.545. The monoisotopic (exact) mass is 251 g/mol. The van der Waals surface area contributed by atoms with Crippen LogP contribution >= 0.6 is 0 Å². The fraction of sp³-hybridized carbons (Fsp3) is 0.571. The molecule has 4 heteroatoms. The summed E-state index contributed by atoms with van der Waals surface area (Å²) in [5.41, 5.74) is 0.888. The van der Waals surface area contributed by atoms with Crippen molar-refractivity contribution in [1.29, 1.82) is 0 Å². The highest BCUT2D eigenvalue weighted by Crippen LogP contribution is 2.13. The second-order valence-corrected chi connectivity index (χ2v) is 4.40. The zero-order valence-corrected chi connectivity index (χ0v) is 11.1. The second-order valence-electron chi connectivity index (χ2n) is 4.40. The minimum atomic E-state index is -0.951. The lowest BCUT2D eigenvalue weighted by Crippen LogP contribution is -2.03. The van der Waals surface area contributed by atoms with E-state index in [1.54, 1.807) is 6.92 Å². The second kappa shape index (κ2) is 7.69. The van der Waals surface area contributed by atoms with Crippen LogP contribution in [0.4, 0.5) is 0 Å². The molecule has 0 aliphatic heterocycles. The molecule has 0 aromatic carbocycles. The number of hydrogen-bond donors (Lipinski definition) is 1. The minimum Gasteiger partial charge on any atom is -0.478 e. The van der Waals surface area contributed by atoms with Gasteiger partial charge in [-0.05, 0) is 19.4 Å². The number of pyridine rings is 1. The van der Waals surface area contributed by atoms with Gasteiger partial charge < -0.3 is 9.84 Å². The summed E-state index contributed by atoms with van der Waals surface area (Å²) in [5, 5.41) is 8.92. The van der Waals surface area contributed by atoms with Crippen LogP contribution in [-0.2, 0) is 0 Å². The molecular weight excluding hydrogens is 230 g/mol. The van der Waals surface area contributed by atoms with Gasteiger partial charge in [-0.25, -0.2) is 9.78 Å². The number of aromatic nitrogens is 1. The molecule has 1 rings (SSSR count). The number of ether oxygens (including phenoxy) is 1. The summed E-state index contributed by atoms with van der Waals surface area (Å²) in [6.07, 6.45) is 5.83. The van der Waals surface area contributed by atoms with Crippen molar-refractivity contribution in [2.24, 2.45) is 0 Å². The molecule has 0 saturated heterocycles. The highest BCUT2D eigenvalue weighted by molar-refractivity contribution is 5.87. The van der Waals surface area contributed by atoms with Gasteiger partial charge in [0.1, 0.15) is 0 Å². The molecule has 1 N–H and O–H groups in total. The average Bonchev–Trinajstić information content (AvgIpc) is 2.33. The van der Waals surface area contributed by atoms with Gasteiger partial charge in [0.05, 0.1) is 12.2 Å². The maximum Gasteiger partial charge on any atom is 0.335 e. The van der Waals surface area contributed by atoms with Crippen molar-refractivity contribution in [3.8, 4) is 5.88 Å². The Kier molecular flexibility index (Phi) is 6.19. The topological polar surface area (TPSA) is 59.4 Å². The van der Waals surface area contributed by atoms with E-state index in [4.69, 9.17) is 9.84 Å². The molecule has 0 unspecified atom stereocenters. The summed E-state index contributed by atoms with van der Waals surface area (Å²) in [6, 6.07) is 3.01. The van der Waals surface area contributed by atoms with Gasteiger partial charge in [-0.15, -0.1) is 0 Å². The Morgan fingerprint density at radius 1 is 1.28 bits per heavy atom. The van der Waals surface area contributed by atoms with Crippen molar-refractivity contribution in [2.45, 2.75) is 46.0 Å². The normalized spacial score (nSPS) is 10.3. The van der Waals surface area contributed by atoms with Crippen LogP contribution < -0.4 is 4.74 Å². The van der Waals surface area contributed by atoms with Crippen LogP contribution in [0.2, 0.25) is 0 Å². The zero-order valence-electron chi connectivity index (χ0n) is 11.1. The van der Waals surface area contributed by atoms with Crippen LogP contribution in [0, 0.1) is 6.92 Å². The Balaban J connectivity index is 2.40. The van der Waals surface area contributed by atoms with E-state index in [1.807, 2.05) is 0 Å². The SMILES string of the molecule is CCCCCCCOc1cc(C(=O)O)cc(C)n1. The number of rotatable bonds is 8. The van der Waals surface area contributed by atoms with Crippen molar-refractivity contribution >= 4 is 5.97 Å². The van der Waals surface area contributed by atoms with E-state index in [9.17, 15) is 4.79 Å². The highest BCUT2D eigenvalue weighted by atomic mass is 16.5. The Morgan fingerprint density at radius 3 is 2.67 bits per heavy atom. The van der Waals surface area contributed by atoms with Crippen LogP contribution in [0.3, 0.4) is 0 Å². The molecule has 0 fully saturated rings. The largest absolute Gasteiger partial charge is 0.478 e. The summed E-state index contributed by atoms with van der Waals surface area (Å²) in [6.45, 7) is 4.54. The lowest BCUT2D eigenvalue weighted by molar-refractivity contribution is 0.0696. The van der Waals surface area contributed by atoms with Crippen molar-refractivity contribution < 1.29 is 14.6 Å². The molecule has 0 radical (unpaired) electrons. The lowest BCUT2D eigenvalue weighted by Gasteiger charge is -2.07. The van der Waals surface area contributed by atoms with Crippen LogP contribution in [0.25, 0.3) is 0 Å². The third-order valence-corrected chi connectivity index (χ3v) is 2.67. The molecule has 4 nitrogen and oxygen atoms in total. The molecular formula is C14H21NO3. The van der Waals surface area contributed by atoms with Crippen molar-refractivity contribution in [3.05, 3.63) is 23.4 Å². The number of carboxylic acid groups (broad SMARTS) is 1. The third-order valence-electron chi connectivity index (χ3n) is 2.67. The van der Waals surface area contributed by atoms with Crippen molar-refractivity contribution in [1.82, 2.24) is 4.98 Å². The van der Waals surface area contributed by atoms with E-state index in [1.165, 1.54) is 31.4 Å². The van der Waals surface area contributed by atoms with E-state index >= 15 is 0 Å². The van der Waals surface area contributed by atoms with Gasteiger partial charge in [-0.2, -0.15) is 0 Å². The molecule has 1 aromatic heterocycles. The average molecular weight is 251 g/mol. The summed E-state index contributed by atoms with van der Waals surface area (Å²) >= 11 is 0. The third kappa shape index (κ3) is 5.17. The molecule has 0 bridgehead atoms. The zero-order chi connectivity index (χ0) is 13.4. The fourth-order valence-corrected chi connectivity index (χ4v) is 1.72. The predicted molar refractivity (Wildman–Crippen MR) is 70.2 cm³/mol. The first-order valence-electron chi connectivity index (χ1n) is 6.48. The Morgan fingerprint density at radius 2 is 2.00 bits per heavy atom. The molecule has 0 atom stereocenters. The van der Waals surface area contributed by atoms with E-state index in [2.05, 4.69) is 11.9 Å². The first-order chi connectivity index (χ1) is 8.63. The fourth-order valence-electron chi connectivity index (χ4n) is 1.72. The van der Waals surface area contributed by atoms with Gasteiger partial charge in [0.15, 0.2) is 0 Å². The molecule has 100 valence electrons. The van der Waals surface area contributed by atoms with Gasteiger partial charge in [0.25, 0.3) is 0 Å². The number of aryl methyl sites for hydroxylation is 1. The van der Waals surface area contributed by atoms with E-state index in [0.717, 1.165) is 12.8 Å². The van der Waals surface area contributed by atoms with Crippen molar-refractivity contribution in [3.63, 3.8) is 0 Å². The summed E-state index contributed by atoms with van der Waals surface area (Å²) < 4.78 is 5.48. The number of carbonyl (C=O) groups is 1. The number of unbranched alkanes of at least 4 members (excludes halogenated alkanes) is 4. The smallest absolute Gasteiger partial charge is 0.335 e. The van der Waals surface area contributed by atoms with E-state index in [0.29, 0.717) is 18.2 Å². The van der Waals surface area contributed by atoms with Gasteiger partial charge in [-0.1, -0.05) is 32.6 Å². The van der Waals surface area contributed by atoms with Gasteiger partial charge >= 0.3 is 5.97 Å². The Labute approximate surface area is 108 Å². The predicted octanol–water partition coefficient (Wildman–Crippen LogP) is 3.44.